The van der Waals surface area contributed by atoms with Gasteiger partial charge in [-0.3, -0.25) is 4.68 Å². The lowest BCUT2D eigenvalue weighted by molar-refractivity contribution is 0.284. The number of nitrogens with zero attached hydrogens (tertiary/aromatic N) is 4. The highest BCUT2D eigenvalue weighted by Crippen LogP contribution is 2.29. The summed E-state index contributed by atoms with van der Waals surface area (Å²) in [6.07, 6.45) is 1.66. The standard InChI is InChI=1S/C21H22N6O2/c1-27-20-16(12-24-27)19(22)25-21(26-20)23-11-15-8-9-17(18(10-15)28-2)29-13-14-6-4-3-5-7-14/h3-10,12H,11,13H2,1-2H3,(H3,22,23,25,26). The first kappa shape index (κ1) is 18.5. The predicted molar refractivity (Wildman–Crippen MR) is 112 cm³/mol. The third-order valence-corrected chi connectivity index (χ3v) is 4.54. The molecule has 0 aliphatic carbocycles. The first-order chi connectivity index (χ1) is 14.1. The Bertz CT molecular complexity index is 1130. The molecule has 0 radical (unpaired) electrons. The molecule has 29 heavy (non-hydrogen) atoms. The average Bonchev–Trinajstić information content (AvgIpc) is 3.13. The van der Waals surface area contributed by atoms with E-state index in [0.717, 1.165) is 16.5 Å². The fourth-order valence-electron chi connectivity index (χ4n) is 2.98. The summed E-state index contributed by atoms with van der Waals surface area (Å²) in [6, 6.07) is 15.8. The number of aromatic nitrogens is 4. The molecule has 0 unspecified atom stereocenters. The van der Waals surface area contributed by atoms with E-state index in [0.29, 0.717) is 42.1 Å². The van der Waals surface area contributed by atoms with Gasteiger partial charge in [0.25, 0.3) is 0 Å². The highest BCUT2D eigenvalue weighted by atomic mass is 16.5. The quantitative estimate of drug-likeness (QED) is 0.500. The zero-order valence-corrected chi connectivity index (χ0v) is 16.3. The van der Waals surface area contributed by atoms with Gasteiger partial charge in [0.1, 0.15) is 12.4 Å². The maximum Gasteiger partial charge on any atom is 0.226 e. The van der Waals surface area contributed by atoms with E-state index in [-0.39, 0.29) is 0 Å². The van der Waals surface area contributed by atoms with Crippen molar-refractivity contribution in [1.82, 2.24) is 19.7 Å². The molecule has 4 rings (SSSR count). The number of rotatable bonds is 7. The van der Waals surface area contributed by atoms with Gasteiger partial charge in [0, 0.05) is 13.6 Å². The van der Waals surface area contributed by atoms with Crippen LogP contribution in [-0.2, 0) is 20.2 Å². The molecular weight excluding hydrogens is 368 g/mol. The number of nitrogen functional groups attached to an aromatic ring is 1. The number of aryl methyl sites for hydroxylation is 1. The van der Waals surface area contributed by atoms with Crippen molar-refractivity contribution in [3.63, 3.8) is 0 Å². The van der Waals surface area contributed by atoms with Crippen molar-refractivity contribution in [1.29, 1.82) is 0 Å². The minimum absolute atomic E-state index is 0.396. The van der Waals surface area contributed by atoms with Crippen molar-refractivity contribution in [2.45, 2.75) is 13.2 Å². The van der Waals surface area contributed by atoms with Gasteiger partial charge in [-0.1, -0.05) is 36.4 Å². The number of nitrogens with one attached hydrogen (secondary N) is 1. The lowest BCUT2D eigenvalue weighted by atomic mass is 10.2. The molecule has 0 bridgehead atoms. The molecule has 0 amide bonds. The Kier molecular flexibility index (Phi) is 5.15. The van der Waals surface area contributed by atoms with E-state index in [1.54, 1.807) is 18.0 Å². The average molecular weight is 390 g/mol. The largest absolute Gasteiger partial charge is 0.493 e. The Morgan fingerprint density at radius 1 is 1.03 bits per heavy atom. The van der Waals surface area contributed by atoms with Gasteiger partial charge in [-0.25, -0.2) is 0 Å². The smallest absolute Gasteiger partial charge is 0.226 e. The molecule has 2 aromatic carbocycles. The van der Waals surface area contributed by atoms with E-state index in [1.807, 2.05) is 55.6 Å². The van der Waals surface area contributed by atoms with Crippen molar-refractivity contribution in [3.05, 3.63) is 65.9 Å². The molecule has 0 fully saturated rings. The minimum Gasteiger partial charge on any atom is -0.493 e. The molecule has 0 atom stereocenters. The molecular formula is C21H22N6O2. The molecule has 0 saturated heterocycles. The highest BCUT2D eigenvalue weighted by molar-refractivity contribution is 5.86. The van der Waals surface area contributed by atoms with Gasteiger partial charge in [-0.15, -0.1) is 0 Å². The van der Waals surface area contributed by atoms with E-state index in [9.17, 15) is 0 Å². The fraction of sp³-hybridized carbons (Fsp3) is 0.190. The molecule has 8 heteroatoms. The second-order valence-electron chi connectivity index (χ2n) is 6.55. The molecule has 2 aromatic heterocycles. The Balaban J connectivity index is 1.46. The van der Waals surface area contributed by atoms with Crippen LogP contribution in [0.4, 0.5) is 11.8 Å². The summed E-state index contributed by atoms with van der Waals surface area (Å²) in [6.45, 7) is 0.991. The van der Waals surface area contributed by atoms with Crippen molar-refractivity contribution in [2.75, 3.05) is 18.2 Å². The van der Waals surface area contributed by atoms with Crippen molar-refractivity contribution in [2.24, 2.45) is 7.05 Å². The highest BCUT2D eigenvalue weighted by Gasteiger charge is 2.10. The van der Waals surface area contributed by atoms with Gasteiger partial charge in [0.2, 0.25) is 5.95 Å². The third-order valence-electron chi connectivity index (χ3n) is 4.54. The first-order valence-electron chi connectivity index (χ1n) is 9.17. The van der Waals surface area contributed by atoms with Crippen LogP contribution in [0.15, 0.2) is 54.7 Å². The van der Waals surface area contributed by atoms with Crippen LogP contribution in [0.2, 0.25) is 0 Å². The lowest BCUT2D eigenvalue weighted by Crippen LogP contribution is -2.07. The third kappa shape index (κ3) is 4.06. The lowest BCUT2D eigenvalue weighted by Gasteiger charge is -2.13. The van der Waals surface area contributed by atoms with E-state index >= 15 is 0 Å². The van der Waals surface area contributed by atoms with Crippen LogP contribution in [0, 0.1) is 0 Å². The van der Waals surface area contributed by atoms with Crippen molar-refractivity contribution < 1.29 is 9.47 Å². The Labute approximate surface area is 168 Å². The summed E-state index contributed by atoms with van der Waals surface area (Å²) in [5.41, 5.74) is 8.79. The molecule has 2 heterocycles. The van der Waals surface area contributed by atoms with E-state index in [4.69, 9.17) is 15.2 Å². The monoisotopic (exact) mass is 390 g/mol. The number of anilines is 2. The number of hydrogen-bond donors (Lipinski definition) is 2. The first-order valence-corrected chi connectivity index (χ1v) is 9.17. The van der Waals surface area contributed by atoms with Crippen LogP contribution in [0.3, 0.4) is 0 Å². The maximum atomic E-state index is 6.01. The number of hydrogen-bond acceptors (Lipinski definition) is 7. The summed E-state index contributed by atoms with van der Waals surface area (Å²) >= 11 is 0. The molecule has 8 nitrogen and oxygen atoms in total. The van der Waals surface area contributed by atoms with E-state index < -0.39 is 0 Å². The molecule has 0 aliphatic heterocycles. The van der Waals surface area contributed by atoms with Gasteiger partial charge < -0.3 is 20.5 Å². The number of ether oxygens (including phenoxy) is 2. The van der Waals surface area contributed by atoms with Crippen LogP contribution >= 0.6 is 0 Å². The van der Waals surface area contributed by atoms with Crippen LogP contribution in [0.1, 0.15) is 11.1 Å². The van der Waals surface area contributed by atoms with Crippen molar-refractivity contribution >= 4 is 22.8 Å². The second-order valence-corrected chi connectivity index (χ2v) is 6.55. The molecule has 0 spiro atoms. The van der Waals surface area contributed by atoms with Gasteiger partial charge in [-0.05, 0) is 23.3 Å². The molecule has 0 saturated carbocycles. The SMILES string of the molecule is COc1cc(CNc2nc(N)c3cnn(C)c3n2)ccc1OCc1ccccc1. The van der Waals surface area contributed by atoms with E-state index in [1.165, 1.54) is 0 Å². The van der Waals surface area contributed by atoms with Crippen LogP contribution < -0.4 is 20.5 Å². The summed E-state index contributed by atoms with van der Waals surface area (Å²) in [7, 11) is 3.44. The maximum absolute atomic E-state index is 6.01. The van der Waals surface area contributed by atoms with Crippen LogP contribution in [-0.4, -0.2) is 26.9 Å². The number of benzene rings is 2. The zero-order valence-electron chi connectivity index (χ0n) is 16.3. The Morgan fingerprint density at radius 3 is 2.66 bits per heavy atom. The fourth-order valence-corrected chi connectivity index (χ4v) is 2.98. The van der Waals surface area contributed by atoms with E-state index in [2.05, 4.69) is 20.4 Å². The summed E-state index contributed by atoms with van der Waals surface area (Å²) in [4.78, 5) is 8.78. The Morgan fingerprint density at radius 2 is 1.86 bits per heavy atom. The summed E-state index contributed by atoms with van der Waals surface area (Å²) in [5.74, 6) is 2.20. The zero-order chi connectivity index (χ0) is 20.2. The number of methoxy groups -OCH3 is 1. The molecule has 3 N–H and O–H groups in total. The Hall–Kier alpha value is -3.81. The van der Waals surface area contributed by atoms with Crippen LogP contribution in [0.25, 0.3) is 11.0 Å². The number of nitrogens with two attached hydrogens (primary N) is 1. The molecule has 0 aliphatic rings. The van der Waals surface area contributed by atoms with Gasteiger partial charge >= 0.3 is 0 Å². The van der Waals surface area contributed by atoms with Crippen LogP contribution in [0.5, 0.6) is 11.5 Å². The summed E-state index contributed by atoms with van der Waals surface area (Å²) < 4.78 is 13.1. The van der Waals surface area contributed by atoms with Crippen molar-refractivity contribution in [3.8, 4) is 11.5 Å². The van der Waals surface area contributed by atoms with Gasteiger partial charge in [0.05, 0.1) is 18.7 Å². The minimum atomic E-state index is 0.396. The number of fused-ring (bicyclic) bond motifs is 1. The normalized spacial score (nSPS) is 10.8. The molecule has 4 aromatic rings. The van der Waals surface area contributed by atoms with Gasteiger partial charge in [-0.2, -0.15) is 15.1 Å². The summed E-state index contributed by atoms with van der Waals surface area (Å²) in [5, 5.41) is 8.10. The second kappa shape index (κ2) is 8.05. The molecule has 148 valence electrons. The predicted octanol–water partition coefficient (Wildman–Crippen LogP) is 3.15. The van der Waals surface area contributed by atoms with Gasteiger partial charge in [0.15, 0.2) is 17.1 Å². The topological polar surface area (TPSA) is 100 Å².